The van der Waals surface area contributed by atoms with Gasteiger partial charge in [0.2, 0.25) is 5.91 Å². The third-order valence-corrected chi connectivity index (χ3v) is 5.45. The Labute approximate surface area is 118 Å². The van der Waals surface area contributed by atoms with E-state index in [0.29, 0.717) is 0 Å². The van der Waals surface area contributed by atoms with Gasteiger partial charge >= 0.3 is 0 Å². The standard InChI is InChI=1S/C15H19NO2S/c1-11-14(17)16-15(19-11)10-6-5-9-13(15)18-12-7-3-2-4-8-12/h2-4,7-8,11,13H,5-6,9-10H2,1H3,(H,16,17). The van der Waals surface area contributed by atoms with Gasteiger partial charge in [0, 0.05) is 0 Å². The molecule has 0 bridgehead atoms. The van der Waals surface area contributed by atoms with Crippen LogP contribution in [0.3, 0.4) is 0 Å². The first-order valence-corrected chi connectivity index (χ1v) is 7.79. The van der Waals surface area contributed by atoms with Gasteiger partial charge in [-0.2, -0.15) is 0 Å². The van der Waals surface area contributed by atoms with Crippen LogP contribution in [-0.2, 0) is 4.79 Å². The van der Waals surface area contributed by atoms with Gasteiger partial charge < -0.3 is 10.1 Å². The highest BCUT2D eigenvalue weighted by atomic mass is 32.2. The van der Waals surface area contributed by atoms with Crippen LogP contribution in [0, 0.1) is 0 Å². The van der Waals surface area contributed by atoms with E-state index in [0.717, 1.165) is 25.0 Å². The molecule has 3 rings (SSSR count). The first-order chi connectivity index (χ1) is 9.20. The molecule has 1 aliphatic carbocycles. The molecule has 1 saturated carbocycles. The second-order valence-electron chi connectivity index (χ2n) is 5.30. The number of hydrogen-bond donors (Lipinski definition) is 1. The Morgan fingerprint density at radius 2 is 2.11 bits per heavy atom. The van der Waals surface area contributed by atoms with Gasteiger partial charge in [-0.25, -0.2) is 0 Å². The van der Waals surface area contributed by atoms with E-state index >= 15 is 0 Å². The minimum absolute atomic E-state index is 0.0278. The number of nitrogens with one attached hydrogen (secondary N) is 1. The molecule has 0 radical (unpaired) electrons. The molecule has 1 heterocycles. The summed E-state index contributed by atoms with van der Waals surface area (Å²) >= 11 is 1.74. The van der Waals surface area contributed by atoms with Crippen molar-refractivity contribution in [2.24, 2.45) is 0 Å². The fourth-order valence-corrected chi connectivity index (χ4v) is 4.45. The molecule has 102 valence electrons. The Morgan fingerprint density at radius 1 is 1.32 bits per heavy atom. The van der Waals surface area contributed by atoms with Gasteiger partial charge in [-0.15, -0.1) is 11.8 Å². The molecule has 2 aliphatic rings. The van der Waals surface area contributed by atoms with E-state index in [9.17, 15) is 4.79 Å². The molecule has 4 heteroatoms. The number of carbonyl (C=O) groups is 1. The zero-order valence-corrected chi connectivity index (χ0v) is 11.9. The van der Waals surface area contributed by atoms with Crippen LogP contribution in [0.2, 0.25) is 0 Å². The predicted octanol–water partition coefficient (Wildman–Crippen LogP) is 2.96. The van der Waals surface area contributed by atoms with E-state index < -0.39 is 0 Å². The van der Waals surface area contributed by atoms with Gasteiger partial charge in [0.15, 0.2) is 0 Å². The molecule has 1 aliphatic heterocycles. The van der Waals surface area contributed by atoms with Crippen LogP contribution in [0.1, 0.15) is 32.6 Å². The summed E-state index contributed by atoms with van der Waals surface area (Å²) in [4.78, 5) is 11.6. The molecule has 1 spiro atoms. The molecule has 3 unspecified atom stereocenters. The monoisotopic (exact) mass is 277 g/mol. The number of para-hydroxylation sites is 1. The Hall–Kier alpha value is -1.16. The van der Waals surface area contributed by atoms with Crippen LogP contribution in [0.4, 0.5) is 0 Å². The highest BCUT2D eigenvalue weighted by Crippen LogP contribution is 2.45. The Morgan fingerprint density at radius 3 is 2.79 bits per heavy atom. The van der Waals surface area contributed by atoms with Crippen LogP contribution < -0.4 is 10.1 Å². The van der Waals surface area contributed by atoms with Crippen molar-refractivity contribution in [1.82, 2.24) is 5.32 Å². The van der Waals surface area contributed by atoms with Crippen molar-refractivity contribution in [2.75, 3.05) is 0 Å². The lowest BCUT2D eigenvalue weighted by atomic mass is 9.91. The Bertz CT molecular complexity index is 464. The van der Waals surface area contributed by atoms with Crippen molar-refractivity contribution < 1.29 is 9.53 Å². The highest BCUT2D eigenvalue weighted by Gasteiger charge is 2.50. The summed E-state index contributed by atoms with van der Waals surface area (Å²) in [5, 5.41) is 3.22. The number of benzene rings is 1. The summed E-state index contributed by atoms with van der Waals surface area (Å²) in [5.74, 6) is 1.04. The Kier molecular flexibility index (Phi) is 3.44. The normalized spacial score (nSPS) is 34.3. The van der Waals surface area contributed by atoms with Crippen LogP contribution in [0.5, 0.6) is 5.75 Å². The smallest absolute Gasteiger partial charge is 0.234 e. The van der Waals surface area contributed by atoms with Crippen molar-refractivity contribution in [3.05, 3.63) is 30.3 Å². The van der Waals surface area contributed by atoms with E-state index in [4.69, 9.17) is 4.74 Å². The average Bonchev–Trinajstić information content (AvgIpc) is 2.70. The maximum absolute atomic E-state index is 11.9. The molecule has 19 heavy (non-hydrogen) atoms. The van der Waals surface area contributed by atoms with E-state index in [1.54, 1.807) is 11.8 Å². The number of ether oxygens (including phenoxy) is 1. The zero-order chi connectivity index (χ0) is 13.3. The summed E-state index contributed by atoms with van der Waals surface area (Å²) in [6.45, 7) is 1.98. The SMILES string of the molecule is CC1SC2(CCCCC2Oc2ccccc2)NC1=O. The molecule has 0 aromatic heterocycles. The van der Waals surface area contributed by atoms with E-state index in [1.807, 2.05) is 37.3 Å². The first-order valence-electron chi connectivity index (χ1n) is 6.91. The van der Waals surface area contributed by atoms with Gasteiger partial charge in [-0.05, 0) is 44.7 Å². The van der Waals surface area contributed by atoms with E-state index in [2.05, 4.69) is 5.32 Å². The number of amides is 1. The van der Waals surface area contributed by atoms with Crippen molar-refractivity contribution in [3.63, 3.8) is 0 Å². The number of thioether (sulfide) groups is 1. The lowest BCUT2D eigenvalue weighted by molar-refractivity contribution is -0.121. The third kappa shape index (κ3) is 2.46. The molecule has 1 saturated heterocycles. The van der Waals surface area contributed by atoms with Crippen molar-refractivity contribution in [2.45, 2.75) is 48.8 Å². The first kappa shape index (κ1) is 12.9. The van der Waals surface area contributed by atoms with E-state index in [1.165, 1.54) is 6.42 Å². The van der Waals surface area contributed by atoms with Crippen molar-refractivity contribution in [1.29, 1.82) is 0 Å². The van der Waals surface area contributed by atoms with Crippen molar-refractivity contribution >= 4 is 17.7 Å². The topological polar surface area (TPSA) is 38.3 Å². The lowest BCUT2D eigenvalue weighted by Crippen LogP contribution is -2.53. The molecular weight excluding hydrogens is 258 g/mol. The summed E-state index contributed by atoms with van der Waals surface area (Å²) in [6, 6.07) is 9.90. The zero-order valence-electron chi connectivity index (χ0n) is 11.1. The minimum Gasteiger partial charge on any atom is -0.487 e. The van der Waals surface area contributed by atoms with Crippen LogP contribution in [-0.4, -0.2) is 22.1 Å². The summed E-state index contributed by atoms with van der Waals surface area (Å²) < 4.78 is 6.15. The summed E-state index contributed by atoms with van der Waals surface area (Å²) in [6.07, 6.45) is 4.42. The molecule has 3 atom stereocenters. The molecular formula is C15H19NO2S. The second-order valence-corrected chi connectivity index (χ2v) is 6.98. The summed E-state index contributed by atoms with van der Waals surface area (Å²) in [5.41, 5.74) is 0. The van der Waals surface area contributed by atoms with Crippen LogP contribution in [0.25, 0.3) is 0 Å². The molecule has 1 aromatic carbocycles. The van der Waals surface area contributed by atoms with Gasteiger partial charge in [0.25, 0.3) is 0 Å². The van der Waals surface area contributed by atoms with Gasteiger partial charge in [-0.3, -0.25) is 4.79 Å². The molecule has 1 N–H and O–H groups in total. The van der Waals surface area contributed by atoms with Gasteiger partial charge in [0.1, 0.15) is 16.7 Å². The minimum atomic E-state index is -0.218. The predicted molar refractivity (Wildman–Crippen MR) is 77.3 cm³/mol. The Balaban J connectivity index is 1.80. The lowest BCUT2D eigenvalue weighted by Gasteiger charge is -2.40. The molecule has 3 nitrogen and oxygen atoms in total. The average molecular weight is 277 g/mol. The maximum Gasteiger partial charge on any atom is 0.234 e. The number of hydrogen-bond acceptors (Lipinski definition) is 3. The molecule has 2 fully saturated rings. The molecule has 1 aromatic rings. The van der Waals surface area contributed by atoms with Gasteiger partial charge in [-0.1, -0.05) is 18.2 Å². The third-order valence-electron chi connectivity index (χ3n) is 3.90. The fraction of sp³-hybridized carbons (Fsp3) is 0.533. The number of rotatable bonds is 2. The second kappa shape index (κ2) is 5.08. The quantitative estimate of drug-likeness (QED) is 0.903. The van der Waals surface area contributed by atoms with Crippen LogP contribution >= 0.6 is 11.8 Å². The fourth-order valence-electron chi connectivity index (χ4n) is 2.92. The number of carbonyl (C=O) groups excluding carboxylic acids is 1. The van der Waals surface area contributed by atoms with Crippen molar-refractivity contribution in [3.8, 4) is 5.75 Å². The summed E-state index contributed by atoms with van der Waals surface area (Å²) in [7, 11) is 0. The van der Waals surface area contributed by atoms with Gasteiger partial charge in [0.05, 0.1) is 5.25 Å². The maximum atomic E-state index is 11.9. The largest absolute Gasteiger partial charge is 0.487 e. The van der Waals surface area contributed by atoms with E-state index in [-0.39, 0.29) is 22.1 Å². The van der Waals surface area contributed by atoms with Crippen LogP contribution in [0.15, 0.2) is 30.3 Å². The highest BCUT2D eigenvalue weighted by molar-refractivity contribution is 8.02. The molecule has 1 amide bonds.